The van der Waals surface area contributed by atoms with Gasteiger partial charge >= 0.3 is 5.97 Å². The average Bonchev–Trinajstić information content (AvgIpc) is 3.23. The molecule has 1 aliphatic heterocycles. The van der Waals surface area contributed by atoms with Gasteiger partial charge in [-0.1, -0.05) is 5.16 Å². The molecule has 0 bridgehead atoms. The van der Waals surface area contributed by atoms with Crippen molar-refractivity contribution in [3.8, 4) is 11.4 Å². The molecule has 0 unspecified atom stereocenters. The smallest absolute Gasteiger partial charge is 0.328 e. The maximum Gasteiger partial charge on any atom is 0.328 e. The lowest BCUT2D eigenvalue weighted by atomic mass is 10.2. The number of carboxylic acid groups (broad SMARTS) is 1. The van der Waals surface area contributed by atoms with Crippen molar-refractivity contribution in [2.24, 2.45) is 0 Å². The normalized spacial score (nSPS) is 18.1. The molecule has 1 amide bonds. The number of nitrogens with zero attached hydrogens (tertiary/aromatic N) is 3. The number of aryl methyl sites for hydroxylation is 1. The molecule has 2 aromatic rings. The highest BCUT2D eigenvalue weighted by molar-refractivity contribution is 5.84. The van der Waals surface area contributed by atoms with Crippen LogP contribution >= 0.6 is 0 Å². The van der Waals surface area contributed by atoms with Crippen molar-refractivity contribution in [2.75, 3.05) is 19.8 Å². The fraction of sp³-hybridized carbons (Fsp3) is 0.429. The minimum Gasteiger partial charge on any atom is -0.480 e. The molecule has 1 aliphatic rings. The van der Waals surface area contributed by atoms with Gasteiger partial charge in [-0.2, -0.15) is 4.98 Å². The van der Waals surface area contributed by atoms with Crippen molar-refractivity contribution in [1.29, 1.82) is 0 Å². The van der Waals surface area contributed by atoms with Crippen molar-refractivity contribution in [1.82, 2.24) is 15.0 Å². The van der Waals surface area contributed by atoms with Crippen LogP contribution in [0.1, 0.15) is 12.3 Å². The van der Waals surface area contributed by atoms with Crippen molar-refractivity contribution < 1.29 is 28.4 Å². The summed E-state index contributed by atoms with van der Waals surface area (Å²) in [4.78, 5) is 28.9. The first kappa shape index (κ1) is 15.2. The summed E-state index contributed by atoms with van der Waals surface area (Å²) in [7, 11) is 0. The quantitative estimate of drug-likeness (QED) is 0.849. The summed E-state index contributed by atoms with van der Waals surface area (Å²) in [5.41, 5.74) is 0.686. The monoisotopic (exact) mass is 321 g/mol. The summed E-state index contributed by atoms with van der Waals surface area (Å²) >= 11 is 0. The van der Waals surface area contributed by atoms with Gasteiger partial charge in [0.15, 0.2) is 6.04 Å². The first-order valence-corrected chi connectivity index (χ1v) is 7.10. The van der Waals surface area contributed by atoms with Gasteiger partial charge in [-0.3, -0.25) is 4.79 Å². The molecule has 0 radical (unpaired) electrons. The van der Waals surface area contributed by atoms with Crippen LogP contribution < -0.4 is 0 Å². The molecular formula is C14H15N3O6. The van der Waals surface area contributed by atoms with E-state index in [1.807, 2.05) is 0 Å². The summed E-state index contributed by atoms with van der Waals surface area (Å²) in [5.74, 6) is -0.646. The van der Waals surface area contributed by atoms with E-state index >= 15 is 0 Å². The Bertz CT molecular complexity index is 681. The van der Waals surface area contributed by atoms with Gasteiger partial charge in [0.25, 0.3) is 0 Å². The number of furan rings is 1. The molecule has 1 atom stereocenters. The van der Waals surface area contributed by atoms with E-state index in [0.717, 1.165) is 0 Å². The molecule has 9 nitrogen and oxygen atoms in total. The van der Waals surface area contributed by atoms with Crippen LogP contribution in [0.5, 0.6) is 0 Å². The number of hydrogen-bond acceptors (Lipinski definition) is 7. The molecule has 23 heavy (non-hydrogen) atoms. The Hall–Kier alpha value is -2.68. The minimum atomic E-state index is -1.07. The van der Waals surface area contributed by atoms with Crippen LogP contribution in [0.4, 0.5) is 0 Å². The van der Waals surface area contributed by atoms with Gasteiger partial charge in [0.05, 0.1) is 25.0 Å². The minimum absolute atomic E-state index is 0.00622. The van der Waals surface area contributed by atoms with Gasteiger partial charge in [0.2, 0.25) is 17.6 Å². The number of carboxylic acids is 1. The van der Waals surface area contributed by atoms with Crippen LogP contribution in [0, 0.1) is 0 Å². The van der Waals surface area contributed by atoms with Gasteiger partial charge in [-0.15, -0.1) is 0 Å². The molecule has 122 valence electrons. The van der Waals surface area contributed by atoms with E-state index in [1.165, 1.54) is 17.4 Å². The number of aliphatic carboxylic acids is 1. The van der Waals surface area contributed by atoms with E-state index in [9.17, 15) is 9.59 Å². The lowest BCUT2D eigenvalue weighted by Gasteiger charge is -2.32. The Morgan fingerprint density at radius 2 is 2.30 bits per heavy atom. The fourth-order valence-electron chi connectivity index (χ4n) is 2.33. The molecule has 0 saturated carbocycles. The number of rotatable bonds is 5. The zero-order valence-corrected chi connectivity index (χ0v) is 12.2. The van der Waals surface area contributed by atoms with Gasteiger partial charge < -0.3 is 23.7 Å². The predicted molar refractivity (Wildman–Crippen MR) is 74.3 cm³/mol. The molecule has 9 heteroatoms. The highest BCUT2D eigenvalue weighted by Crippen LogP contribution is 2.17. The van der Waals surface area contributed by atoms with Gasteiger partial charge in [0.1, 0.15) is 6.26 Å². The molecule has 0 aliphatic carbocycles. The second-order valence-electron chi connectivity index (χ2n) is 5.04. The number of aromatic nitrogens is 2. The van der Waals surface area contributed by atoms with Gasteiger partial charge in [0, 0.05) is 19.4 Å². The van der Waals surface area contributed by atoms with E-state index < -0.39 is 12.0 Å². The number of hydrogen-bond donors (Lipinski definition) is 1. The molecule has 0 spiro atoms. The van der Waals surface area contributed by atoms with Crippen molar-refractivity contribution in [2.45, 2.75) is 18.9 Å². The molecule has 1 N–H and O–H groups in total. The van der Waals surface area contributed by atoms with Crippen molar-refractivity contribution in [3.63, 3.8) is 0 Å². The Morgan fingerprint density at radius 1 is 1.43 bits per heavy atom. The Morgan fingerprint density at radius 3 is 3.04 bits per heavy atom. The van der Waals surface area contributed by atoms with Crippen LogP contribution in [0.2, 0.25) is 0 Å². The molecule has 2 aromatic heterocycles. The zero-order valence-electron chi connectivity index (χ0n) is 12.2. The average molecular weight is 321 g/mol. The third-order valence-corrected chi connectivity index (χ3v) is 3.53. The molecular weight excluding hydrogens is 306 g/mol. The first-order valence-electron chi connectivity index (χ1n) is 7.10. The number of carbonyl (C=O) groups is 2. The maximum atomic E-state index is 12.2. The Balaban J connectivity index is 1.59. The van der Waals surface area contributed by atoms with Crippen LogP contribution in [0.3, 0.4) is 0 Å². The van der Waals surface area contributed by atoms with Gasteiger partial charge in [-0.05, 0) is 6.07 Å². The molecule has 1 saturated heterocycles. The third-order valence-electron chi connectivity index (χ3n) is 3.53. The highest BCUT2D eigenvalue weighted by Gasteiger charge is 2.32. The van der Waals surface area contributed by atoms with E-state index in [4.69, 9.17) is 18.8 Å². The number of morpholine rings is 1. The van der Waals surface area contributed by atoms with Crippen molar-refractivity contribution in [3.05, 3.63) is 24.5 Å². The van der Waals surface area contributed by atoms with E-state index in [2.05, 4.69) is 10.1 Å². The second kappa shape index (κ2) is 6.61. The summed E-state index contributed by atoms with van der Waals surface area (Å²) in [6, 6.07) is 0.755. The Labute approximate surface area is 130 Å². The third kappa shape index (κ3) is 3.39. The molecule has 0 aromatic carbocycles. The SMILES string of the molecule is O=C(O)[C@@H]1COCCN1C(=O)CCc1nc(-c2ccoc2)no1. The predicted octanol–water partition coefficient (Wildman–Crippen LogP) is 0.574. The first-order chi connectivity index (χ1) is 11.1. The summed E-state index contributed by atoms with van der Waals surface area (Å²) < 4.78 is 15.1. The maximum absolute atomic E-state index is 12.2. The Kier molecular flexibility index (Phi) is 4.38. The number of ether oxygens (including phenoxy) is 1. The topological polar surface area (TPSA) is 119 Å². The lowest BCUT2D eigenvalue weighted by molar-refractivity contribution is -0.158. The molecule has 3 heterocycles. The van der Waals surface area contributed by atoms with E-state index in [-0.39, 0.29) is 31.9 Å². The second-order valence-corrected chi connectivity index (χ2v) is 5.04. The number of amides is 1. The van der Waals surface area contributed by atoms with Crippen LogP contribution in [0.25, 0.3) is 11.4 Å². The fourth-order valence-corrected chi connectivity index (χ4v) is 2.33. The van der Waals surface area contributed by atoms with Gasteiger partial charge in [-0.25, -0.2) is 4.79 Å². The number of carbonyl (C=O) groups excluding carboxylic acids is 1. The largest absolute Gasteiger partial charge is 0.480 e. The molecule has 1 fully saturated rings. The van der Waals surface area contributed by atoms with E-state index in [1.54, 1.807) is 6.07 Å². The van der Waals surface area contributed by atoms with Crippen LogP contribution in [-0.2, 0) is 20.7 Å². The van der Waals surface area contributed by atoms with Crippen molar-refractivity contribution >= 4 is 11.9 Å². The summed E-state index contributed by atoms with van der Waals surface area (Å²) in [6.07, 6.45) is 3.33. The summed E-state index contributed by atoms with van der Waals surface area (Å²) in [5, 5.41) is 12.9. The summed E-state index contributed by atoms with van der Waals surface area (Å²) in [6.45, 7) is 0.604. The van der Waals surface area contributed by atoms with Crippen LogP contribution in [-0.4, -0.2) is 57.8 Å². The zero-order chi connectivity index (χ0) is 16.2. The highest BCUT2D eigenvalue weighted by atomic mass is 16.5. The van der Waals surface area contributed by atoms with Crippen LogP contribution in [0.15, 0.2) is 27.5 Å². The van der Waals surface area contributed by atoms with E-state index in [0.29, 0.717) is 23.9 Å². The molecule has 3 rings (SSSR count). The lowest BCUT2D eigenvalue weighted by Crippen LogP contribution is -2.52. The standard InChI is InChI=1S/C14H15N3O6/c18-12(17-4-6-22-8-10(17)14(19)20)2-1-11-15-13(16-23-11)9-3-5-21-7-9/h3,5,7,10H,1-2,4,6,8H2,(H,19,20)/t10-/m0/s1.